The Morgan fingerprint density at radius 3 is 2.06 bits per heavy atom. The summed E-state index contributed by atoms with van der Waals surface area (Å²) < 4.78 is 24.4. The first kappa shape index (κ1) is 43.6. The summed E-state index contributed by atoms with van der Waals surface area (Å²) in [5.41, 5.74) is 1.99. The summed E-state index contributed by atoms with van der Waals surface area (Å²) >= 11 is 18.2. The number of hydrazine groups is 1. The van der Waals surface area contributed by atoms with E-state index in [0.29, 0.717) is 42.1 Å². The van der Waals surface area contributed by atoms with Crippen molar-refractivity contribution in [2.75, 3.05) is 24.8 Å². The van der Waals surface area contributed by atoms with Crippen molar-refractivity contribution in [1.29, 1.82) is 0 Å². The molecule has 13 heteroatoms. The van der Waals surface area contributed by atoms with Gasteiger partial charge in [-0.2, -0.15) is 0 Å². The van der Waals surface area contributed by atoms with E-state index in [4.69, 9.17) is 58.1 Å². The molecule has 8 nitrogen and oxygen atoms in total. The van der Waals surface area contributed by atoms with E-state index in [9.17, 15) is 4.79 Å². The molecule has 0 saturated heterocycles. The van der Waals surface area contributed by atoms with E-state index < -0.39 is 45.2 Å². The van der Waals surface area contributed by atoms with E-state index in [2.05, 4.69) is 81.5 Å². The number of halogens is 3. The van der Waals surface area contributed by atoms with Crippen LogP contribution in [0.25, 0.3) is 0 Å². The zero-order valence-electron chi connectivity index (χ0n) is 32.4. The maximum Gasteiger partial charge on any atom is 0.429 e. The van der Waals surface area contributed by atoms with E-state index >= 15 is 0 Å². The molecule has 3 rings (SSSR count). The summed E-state index contributed by atoms with van der Waals surface area (Å²) in [4.78, 5) is 19.0. The topological polar surface area (TPSA) is 73.4 Å². The third kappa shape index (κ3) is 11.6. The number of ether oxygens (including phenoxy) is 2. The summed E-state index contributed by atoms with van der Waals surface area (Å²) in [5, 5.41) is 3.54. The van der Waals surface area contributed by atoms with Gasteiger partial charge in [-0.3, -0.25) is 5.01 Å². The minimum absolute atomic E-state index is 0.0824. The Labute approximate surface area is 324 Å². The third-order valence-corrected chi connectivity index (χ3v) is 21.1. The lowest BCUT2D eigenvalue weighted by molar-refractivity contribution is 0.0338. The lowest BCUT2D eigenvalue weighted by atomic mass is 10.0. The van der Waals surface area contributed by atoms with E-state index in [1.807, 2.05) is 53.5 Å². The number of carbonyl (C=O) groups excluding carboxylic acids is 1. The molecule has 0 bridgehead atoms. The number of aromatic nitrogens is 1. The van der Waals surface area contributed by atoms with Crippen molar-refractivity contribution >= 4 is 63.3 Å². The highest BCUT2D eigenvalue weighted by Gasteiger charge is 2.51. The smallest absolute Gasteiger partial charge is 0.429 e. The van der Waals surface area contributed by atoms with Crippen molar-refractivity contribution in [3.63, 3.8) is 0 Å². The normalized spacial score (nSPS) is 17.7. The molecule has 286 valence electrons. The minimum atomic E-state index is -2.46. The largest absolute Gasteiger partial charge is 0.544 e. The highest BCUT2D eigenvalue weighted by atomic mass is 35.6. The second-order valence-electron chi connectivity index (χ2n) is 15.9. The first-order valence-corrected chi connectivity index (χ1v) is 24.3. The van der Waals surface area contributed by atoms with Gasteiger partial charge in [0.25, 0.3) is 8.32 Å². The van der Waals surface area contributed by atoms with E-state index in [0.717, 1.165) is 17.7 Å². The number of alkyl halides is 3. The zero-order valence-corrected chi connectivity index (χ0v) is 36.7. The Morgan fingerprint density at radius 1 is 0.922 bits per heavy atom. The zero-order chi connectivity index (χ0) is 38.2. The van der Waals surface area contributed by atoms with Gasteiger partial charge in [0.2, 0.25) is 3.79 Å². The van der Waals surface area contributed by atoms with Gasteiger partial charge in [0.1, 0.15) is 30.3 Å². The van der Waals surface area contributed by atoms with Gasteiger partial charge in [-0.05, 0) is 71.4 Å². The van der Waals surface area contributed by atoms with Crippen molar-refractivity contribution < 1.29 is 23.1 Å². The van der Waals surface area contributed by atoms with Gasteiger partial charge < -0.3 is 18.3 Å². The number of rotatable bonds is 16. The molecule has 1 amide bonds. The lowest BCUT2D eigenvalue weighted by Crippen LogP contribution is -2.62. The second kappa shape index (κ2) is 18.5. The van der Waals surface area contributed by atoms with E-state index in [-0.39, 0.29) is 11.6 Å². The minimum Gasteiger partial charge on any atom is -0.544 e. The van der Waals surface area contributed by atoms with Gasteiger partial charge >= 0.3 is 6.09 Å². The average molecular weight is 801 g/mol. The standard InChI is InChI=1S/C38H60Cl3N3O5Si2/c1-28(2)51(29(3)4,30(5)6)49-34-24-32(26-46-25-31-18-13-12-14-19-31)43(36(45)47-27-38(39,40)41)44(35-21-15-16-22-42-35)33(34)20-17-23-48-50(10,11)37(7,8)9/h12-16,18-19,21-22,24,28-30,32-33H,17,20,23,25-27H2,1-11H3/t32-,33-/m0/s1. The van der Waals surface area contributed by atoms with Gasteiger partial charge in [0.05, 0.1) is 13.2 Å². The Hall–Kier alpha value is -1.80. The predicted octanol–water partition coefficient (Wildman–Crippen LogP) is 11.5. The van der Waals surface area contributed by atoms with E-state index in [1.54, 1.807) is 11.2 Å². The number of hydrogen-bond donors (Lipinski definition) is 0. The molecule has 0 fully saturated rings. The molecule has 2 atom stereocenters. The Kier molecular flexibility index (Phi) is 15.8. The summed E-state index contributed by atoms with van der Waals surface area (Å²) in [7, 11) is -4.45. The van der Waals surface area contributed by atoms with Crippen LogP contribution in [0, 0.1) is 0 Å². The number of carbonyl (C=O) groups is 1. The molecule has 1 aliphatic rings. The van der Waals surface area contributed by atoms with Crippen molar-refractivity contribution in [3.8, 4) is 0 Å². The van der Waals surface area contributed by atoms with Crippen LogP contribution in [0.3, 0.4) is 0 Å². The molecule has 0 unspecified atom stereocenters. The highest BCUT2D eigenvalue weighted by molar-refractivity contribution is 6.78. The van der Waals surface area contributed by atoms with Crippen LogP contribution in [0.1, 0.15) is 80.7 Å². The maximum atomic E-state index is 14.2. The van der Waals surface area contributed by atoms with Crippen LogP contribution < -0.4 is 5.01 Å². The molecule has 0 aliphatic carbocycles. The average Bonchev–Trinajstić information content (AvgIpc) is 3.04. The second-order valence-corrected chi connectivity index (χ2v) is 28.6. The first-order chi connectivity index (χ1) is 23.7. The summed E-state index contributed by atoms with van der Waals surface area (Å²) in [5.74, 6) is 1.38. The molecule has 1 aromatic heterocycles. The molecule has 0 spiro atoms. The molecule has 2 aromatic rings. The molecule has 1 aromatic carbocycles. The summed E-state index contributed by atoms with van der Waals surface area (Å²) in [6.45, 7) is 25.6. The number of pyridine rings is 1. The molecule has 0 N–H and O–H groups in total. The number of hydrogen-bond acceptors (Lipinski definition) is 7. The predicted molar refractivity (Wildman–Crippen MR) is 216 cm³/mol. The van der Waals surface area contributed by atoms with Gasteiger partial charge in [0.15, 0.2) is 8.32 Å². The van der Waals surface area contributed by atoms with Crippen LogP contribution in [-0.4, -0.2) is 68.4 Å². The molecule has 0 saturated carbocycles. The fourth-order valence-corrected chi connectivity index (χ4v) is 13.3. The van der Waals surface area contributed by atoms with Crippen LogP contribution >= 0.6 is 34.8 Å². The third-order valence-electron chi connectivity index (χ3n) is 10.2. The fraction of sp³-hybridized carbons (Fsp3) is 0.632. The quantitative estimate of drug-likeness (QED) is 0.0951. The van der Waals surface area contributed by atoms with Gasteiger partial charge in [-0.1, -0.05) is 134 Å². The van der Waals surface area contributed by atoms with Crippen LogP contribution in [0.15, 0.2) is 66.6 Å². The summed E-state index contributed by atoms with van der Waals surface area (Å²) in [6, 6.07) is 14.5. The Balaban J connectivity index is 2.18. The van der Waals surface area contributed by atoms with Crippen LogP contribution in [0.4, 0.5) is 10.6 Å². The SMILES string of the molecule is CC(C)[Si](OC1=C[C@@H](COCc2ccccc2)N(C(=O)OCC(Cl)(Cl)Cl)N(c2ccccn2)[C@H]1CCCO[Si](C)(C)C(C)(C)C)(C(C)C)C(C)C. The van der Waals surface area contributed by atoms with Gasteiger partial charge in [-0.15, -0.1) is 0 Å². The number of nitrogens with zero attached hydrogens (tertiary/aromatic N) is 3. The van der Waals surface area contributed by atoms with E-state index in [1.165, 1.54) is 0 Å². The summed E-state index contributed by atoms with van der Waals surface area (Å²) in [6.07, 6.45) is 4.44. The van der Waals surface area contributed by atoms with Crippen molar-refractivity contribution in [3.05, 3.63) is 72.1 Å². The number of amides is 1. The monoisotopic (exact) mass is 799 g/mol. The molecule has 2 heterocycles. The molecular weight excluding hydrogens is 741 g/mol. The Morgan fingerprint density at radius 2 is 1.53 bits per heavy atom. The highest BCUT2D eigenvalue weighted by Crippen LogP contribution is 2.46. The number of benzene rings is 1. The van der Waals surface area contributed by atoms with Crippen LogP contribution in [0.2, 0.25) is 34.8 Å². The van der Waals surface area contributed by atoms with Gasteiger partial charge in [-0.25, -0.2) is 14.8 Å². The van der Waals surface area contributed by atoms with Crippen LogP contribution in [0.5, 0.6) is 0 Å². The van der Waals surface area contributed by atoms with Crippen LogP contribution in [-0.2, 0) is 24.9 Å². The molecule has 51 heavy (non-hydrogen) atoms. The first-order valence-electron chi connectivity index (χ1n) is 18.1. The molecular formula is C38H60Cl3N3O5Si2. The number of anilines is 1. The van der Waals surface area contributed by atoms with Crippen molar-refractivity contribution in [2.45, 2.75) is 132 Å². The van der Waals surface area contributed by atoms with Crippen molar-refractivity contribution in [2.24, 2.45) is 0 Å². The lowest BCUT2D eigenvalue weighted by Gasteiger charge is -2.51. The Bertz CT molecular complexity index is 1380. The molecule has 0 radical (unpaired) electrons. The maximum absolute atomic E-state index is 14.2. The van der Waals surface area contributed by atoms with Gasteiger partial charge in [0, 0.05) is 12.8 Å². The molecule has 1 aliphatic heterocycles. The fourth-order valence-electron chi connectivity index (χ4n) is 6.73. The van der Waals surface area contributed by atoms with Crippen molar-refractivity contribution in [1.82, 2.24) is 9.99 Å².